The van der Waals surface area contributed by atoms with Crippen LogP contribution < -0.4 is 5.73 Å². The molecule has 0 bridgehead atoms. The van der Waals surface area contributed by atoms with Gasteiger partial charge in [-0.2, -0.15) is 0 Å². The molecule has 1 nitrogen and oxygen atoms in total. The second-order valence-electron chi connectivity index (χ2n) is 2.59. The zero-order valence-corrected chi connectivity index (χ0v) is 6.96. The second kappa shape index (κ2) is 3.24. The van der Waals surface area contributed by atoms with Crippen molar-refractivity contribution in [3.63, 3.8) is 0 Å². The summed E-state index contributed by atoms with van der Waals surface area (Å²) in [6, 6.07) is 7.90. The highest BCUT2D eigenvalue weighted by Gasteiger charge is 1.91. The third-order valence-corrected chi connectivity index (χ3v) is 1.80. The van der Waals surface area contributed by atoms with E-state index < -0.39 is 0 Å². The average Bonchev–Trinajstić information content (AvgIpc) is 2.05. The highest BCUT2D eigenvalue weighted by Crippen LogP contribution is 2.14. The van der Waals surface area contributed by atoms with E-state index in [1.54, 1.807) is 0 Å². The van der Waals surface area contributed by atoms with Gasteiger partial charge in [-0.1, -0.05) is 18.2 Å². The summed E-state index contributed by atoms with van der Waals surface area (Å²) in [5.41, 5.74) is 8.89. The van der Waals surface area contributed by atoms with Gasteiger partial charge < -0.3 is 5.73 Å². The van der Waals surface area contributed by atoms with E-state index >= 15 is 0 Å². The normalized spacial score (nSPS) is 11.6. The molecule has 2 N–H and O–H groups in total. The Labute approximate surface area is 67.5 Å². The minimum Gasteiger partial charge on any atom is -0.399 e. The molecule has 0 aliphatic carbocycles. The fourth-order valence-corrected chi connectivity index (χ4v) is 0.913. The molecule has 11 heavy (non-hydrogen) atoms. The maximum atomic E-state index is 5.55. The molecule has 0 radical (unpaired) electrons. The molecule has 58 valence electrons. The van der Waals surface area contributed by atoms with Crippen molar-refractivity contribution in [3.05, 3.63) is 35.9 Å². The molecule has 0 fully saturated rings. The minimum atomic E-state index is 0.817. The van der Waals surface area contributed by atoms with Gasteiger partial charge in [-0.25, -0.2) is 0 Å². The largest absolute Gasteiger partial charge is 0.399 e. The highest BCUT2D eigenvalue weighted by molar-refractivity contribution is 5.64. The summed E-state index contributed by atoms with van der Waals surface area (Å²) in [4.78, 5) is 0. The molecular formula is C10H13N. The van der Waals surface area contributed by atoms with Gasteiger partial charge in [-0.05, 0) is 37.1 Å². The van der Waals surface area contributed by atoms with Gasteiger partial charge in [-0.15, -0.1) is 0 Å². The zero-order valence-electron chi connectivity index (χ0n) is 6.96. The average molecular weight is 147 g/mol. The lowest BCUT2D eigenvalue weighted by atomic mass is 10.1. The monoisotopic (exact) mass is 147 g/mol. The lowest BCUT2D eigenvalue weighted by Crippen LogP contribution is -1.84. The molecule has 0 atom stereocenters. The minimum absolute atomic E-state index is 0.817. The molecule has 0 aromatic heterocycles. The lowest BCUT2D eigenvalue weighted by Gasteiger charge is -1.99. The molecule has 1 rings (SSSR count). The molecule has 0 saturated carbocycles. The van der Waals surface area contributed by atoms with E-state index in [2.05, 4.69) is 13.0 Å². The van der Waals surface area contributed by atoms with Crippen LogP contribution in [0.25, 0.3) is 5.57 Å². The van der Waals surface area contributed by atoms with Crippen molar-refractivity contribution in [2.45, 2.75) is 13.8 Å². The number of hydrogen-bond acceptors (Lipinski definition) is 1. The molecule has 0 spiro atoms. The van der Waals surface area contributed by atoms with Crippen LogP contribution >= 0.6 is 0 Å². The van der Waals surface area contributed by atoms with Gasteiger partial charge in [0, 0.05) is 5.69 Å². The summed E-state index contributed by atoms with van der Waals surface area (Å²) in [5, 5.41) is 0. The maximum Gasteiger partial charge on any atom is 0.0314 e. The number of hydrogen-bond donors (Lipinski definition) is 1. The van der Waals surface area contributed by atoms with Crippen molar-refractivity contribution < 1.29 is 0 Å². The van der Waals surface area contributed by atoms with Crippen LogP contribution in [0.2, 0.25) is 0 Å². The second-order valence-corrected chi connectivity index (χ2v) is 2.59. The van der Waals surface area contributed by atoms with Gasteiger partial charge in [0.25, 0.3) is 0 Å². The Morgan fingerprint density at radius 3 is 2.27 bits per heavy atom. The predicted molar refractivity (Wildman–Crippen MR) is 50.2 cm³/mol. The van der Waals surface area contributed by atoms with Crippen LogP contribution in [0.3, 0.4) is 0 Å². The first-order valence-corrected chi connectivity index (χ1v) is 3.73. The van der Waals surface area contributed by atoms with Gasteiger partial charge in [0.1, 0.15) is 0 Å². The van der Waals surface area contributed by atoms with Gasteiger partial charge in [-0.3, -0.25) is 0 Å². The van der Waals surface area contributed by atoms with E-state index in [0.717, 1.165) is 5.69 Å². The Kier molecular flexibility index (Phi) is 2.32. The van der Waals surface area contributed by atoms with E-state index in [1.807, 2.05) is 31.2 Å². The Morgan fingerprint density at radius 2 is 1.82 bits per heavy atom. The lowest BCUT2D eigenvalue weighted by molar-refractivity contribution is 1.54. The standard InChI is InChI=1S/C10H13N/c1-3-8(2)9-4-6-10(11)7-5-9/h3-7H,11H2,1-2H3/b8-3+. The number of allylic oxidation sites excluding steroid dienone is 2. The first-order valence-electron chi connectivity index (χ1n) is 3.73. The molecule has 0 saturated heterocycles. The SMILES string of the molecule is C/C=C(\C)c1ccc(N)cc1. The number of benzene rings is 1. The Balaban J connectivity index is 2.99. The molecular weight excluding hydrogens is 134 g/mol. The number of anilines is 1. The van der Waals surface area contributed by atoms with Crippen molar-refractivity contribution >= 4 is 11.3 Å². The van der Waals surface area contributed by atoms with E-state index in [-0.39, 0.29) is 0 Å². The number of rotatable bonds is 1. The first kappa shape index (κ1) is 7.86. The van der Waals surface area contributed by atoms with Crippen LogP contribution in [0.4, 0.5) is 5.69 Å². The van der Waals surface area contributed by atoms with Crippen molar-refractivity contribution in [1.29, 1.82) is 0 Å². The summed E-state index contributed by atoms with van der Waals surface area (Å²) in [6.07, 6.45) is 2.09. The summed E-state index contributed by atoms with van der Waals surface area (Å²) in [6.45, 7) is 4.12. The fourth-order valence-electron chi connectivity index (χ4n) is 0.913. The molecule has 1 heteroatoms. The van der Waals surface area contributed by atoms with Crippen LogP contribution in [0.15, 0.2) is 30.3 Å². The quantitative estimate of drug-likeness (QED) is 0.607. The Bertz CT molecular complexity index is 257. The summed E-state index contributed by atoms with van der Waals surface area (Å²) >= 11 is 0. The van der Waals surface area contributed by atoms with E-state index in [9.17, 15) is 0 Å². The van der Waals surface area contributed by atoms with E-state index in [1.165, 1.54) is 11.1 Å². The van der Waals surface area contributed by atoms with Crippen LogP contribution in [-0.2, 0) is 0 Å². The van der Waals surface area contributed by atoms with Crippen molar-refractivity contribution in [1.82, 2.24) is 0 Å². The van der Waals surface area contributed by atoms with Crippen LogP contribution in [-0.4, -0.2) is 0 Å². The van der Waals surface area contributed by atoms with Gasteiger partial charge in [0.05, 0.1) is 0 Å². The maximum absolute atomic E-state index is 5.55. The van der Waals surface area contributed by atoms with Crippen LogP contribution in [0.1, 0.15) is 19.4 Å². The first-order chi connectivity index (χ1) is 5.24. The fraction of sp³-hybridized carbons (Fsp3) is 0.200. The molecule has 0 amide bonds. The van der Waals surface area contributed by atoms with Crippen molar-refractivity contribution in [2.75, 3.05) is 5.73 Å². The Morgan fingerprint density at radius 1 is 1.27 bits per heavy atom. The van der Waals surface area contributed by atoms with Gasteiger partial charge in [0.2, 0.25) is 0 Å². The van der Waals surface area contributed by atoms with Gasteiger partial charge >= 0.3 is 0 Å². The van der Waals surface area contributed by atoms with Gasteiger partial charge in [0.15, 0.2) is 0 Å². The van der Waals surface area contributed by atoms with Crippen LogP contribution in [0, 0.1) is 0 Å². The van der Waals surface area contributed by atoms with Crippen molar-refractivity contribution in [3.8, 4) is 0 Å². The Hall–Kier alpha value is -1.24. The topological polar surface area (TPSA) is 26.0 Å². The van der Waals surface area contributed by atoms with E-state index in [0.29, 0.717) is 0 Å². The molecule has 0 heterocycles. The number of nitrogen functional groups attached to an aromatic ring is 1. The molecule has 1 aromatic carbocycles. The zero-order chi connectivity index (χ0) is 8.27. The summed E-state index contributed by atoms with van der Waals surface area (Å²) in [7, 11) is 0. The third-order valence-electron chi connectivity index (χ3n) is 1.80. The molecule has 0 aliphatic rings. The van der Waals surface area contributed by atoms with E-state index in [4.69, 9.17) is 5.73 Å². The molecule has 0 aliphatic heterocycles. The smallest absolute Gasteiger partial charge is 0.0314 e. The predicted octanol–water partition coefficient (Wildman–Crippen LogP) is 2.69. The highest BCUT2D eigenvalue weighted by atomic mass is 14.5. The molecule has 0 unspecified atom stereocenters. The summed E-state index contributed by atoms with van der Waals surface area (Å²) < 4.78 is 0. The third kappa shape index (κ3) is 1.84. The molecule has 1 aromatic rings. The number of nitrogens with two attached hydrogens (primary N) is 1. The van der Waals surface area contributed by atoms with Crippen LogP contribution in [0.5, 0.6) is 0 Å². The van der Waals surface area contributed by atoms with Crippen molar-refractivity contribution in [2.24, 2.45) is 0 Å². The summed E-state index contributed by atoms with van der Waals surface area (Å²) in [5.74, 6) is 0.